The molecule has 0 aromatic heterocycles. The third-order valence-electron chi connectivity index (χ3n) is 3.73. The maximum Gasteiger partial charge on any atom is 0.245 e. The van der Waals surface area contributed by atoms with Gasteiger partial charge in [-0.2, -0.15) is 0 Å². The first-order valence-corrected chi connectivity index (χ1v) is 8.40. The van der Waals surface area contributed by atoms with Crippen LogP contribution in [0.25, 0.3) is 0 Å². The largest absolute Gasteiger partial charge is 0.314 e. The molecule has 1 fully saturated rings. The fourth-order valence-corrected chi connectivity index (χ4v) is 3.70. The summed E-state index contributed by atoms with van der Waals surface area (Å²) in [5.41, 5.74) is 0. The molecule has 6 heteroatoms. The second-order valence-electron chi connectivity index (χ2n) is 5.19. The first-order chi connectivity index (χ1) is 9.51. The number of halogens is 1. The second-order valence-corrected chi connectivity index (χ2v) is 7.21. The van der Waals surface area contributed by atoms with E-state index >= 15 is 0 Å². The quantitative estimate of drug-likeness (QED) is 0.904. The highest BCUT2D eigenvalue weighted by molar-refractivity contribution is 7.89. The van der Waals surface area contributed by atoms with E-state index in [1.807, 2.05) is 0 Å². The monoisotopic (exact) mass is 300 g/mol. The van der Waals surface area contributed by atoms with E-state index in [2.05, 4.69) is 5.32 Å². The molecule has 0 amide bonds. The van der Waals surface area contributed by atoms with Gasteiger partial charge in [0.15, 0.2) is 0 Å². The highest BCUT2D eigenvalue weighted by Gasteiger charge is 2.24. The smallest absolute Gasteiger partial charge is 0.245 e. The van der Waals surface area contributed by atoms with Gasteiger partial charge in [-0.05, 0) is 37.9 Å². The van der Waals surface area contributed by atoms with Crippen LogP contribution < -0.4 is 5.32 Å². The van der Waals surface area contributed by atoms with Crippen molar-refractivity contribution in [2.75, 3.05) is 20.1 Å². The Hall–Kier alpha value is -0.980. The van der Waals surface area contributed by atoms with Crippen LogP contribution in [0.15, 0.2) is 29.2 Å². The highest BCUT2D eigenvalue weighted by atomic mass is 32.2. The minimum atomic E-state index is -3.74. The van der Waals surface area contributed by atoms with E-state index < -0.39 is 15.8 Å². The maximum absolute atomic E-state index is 13.6. The fraction of sp³-hybridized carbons (Fsp3) is 0.571. The normalized spacial score (nSPS) is 20.2. The third-order valence-corrected chi connectivity index (χ3v) is 5.62. The number of hydrogen-bond acceptors (Lipinski definition) is 3. The molecule has 1 saturated heterocycles. The van der Waals surface area contributed by atoms with Crippen molar-refractivity contribution < 1.29 is 12.8 Å². The summed E-state index contributed by atoms with van der Waals surface area (Å²) in [6, 6.07) is 5.86. The van der Waals surface area contributed by atoms with Crippen LogP contribution in [0.1, 0.15) is 25.7 Å². The van der Waals surface area contributed by atoms with E-state index in [-0.39, 0.29) is 4.90 Å². The van der Waals surface area contributed by atoms with Crippen molar-refractivity contribution in [3.63, 3.8) is 0 Å². The Morgan fingerprint density at radius 1 is 1.35 bits per heavy atom. The van der Waals surface area contributed by atoms with Gasteiger partial charge in [0, 0.05) is 19.6 Å². The van der Waals surface area contributed by atoms with Gasteiger partial charge in [-0.15, -0.1) is 0 Å². The molecule has 20 heavy (non-hydrogen) atoms. The lowest BCUT2D eigenvalue weighted by atomic mass is 10.0. The number of nitrogens with one attached hydrogen (secondary N) is 1. The van der Waals surface area contributed by atoms with E-state index in [0.717, 1.165) is 19.4 Å². The summed E-state index contributed by atoms with van der Waals surface area (Å²) in [4.78, 5) is -0.251. The molecular formula is C14H21FN2O2S. The maximum atomic E-state index is 13.6. The van der Waals surface area contributed by atoms with Crippen molar-refractivity contribution in [1.29, 1.82) is 0 Å². The molecule has 0 spiro atoms. The van der Waals surface area contributed by atoms with E-state index in [0.29, 0.717) is 12.6 Å². The highest BCUT2D eigenvalue weighted by Crippen LogP contribution is 2.19. The lowest BCUT2D eigenvalue weighted by Gasteiger charge is -2.25. The molecule has 1 aromatic carbocycles. The van der Waals surface area contributed by atoms with E-state index in [1.165, 1.54) is 48.5 Å². The van der Waals surface area contributed by atoms with Gasteiger partial charge in [0.2, 0.25) is 10.0 Å². The average molecular weight is 300 g/mol. The van der Waals surface area contributed by atoms with Gasteiger partial charge in [0.1, 0.15) is 10.7 Å². The summed E-state index contributed by atoms with van der Waals surface area (Å²) < 4.78 is 39.4. The molecule has 1 aliphatic heterocycles. The Balaban J connectivity index is 2.00. The van der Waals surface area contributed by atoms with Crippen LogP contribution in [0, 0.1) is 5.82 Å². The standard InChI is InChI=1S/C14H21FN2O2S/c1-17(11-9-12-6-4-5-10-16-12)20(18,19)14-8-3-2-7-13(14)15/h2-3,7-8,12,16H,4-6,9-11H2,1H3. The molecule has 1 atom stereocenters. The Bertz CT molecular complexity index is 542. The van der Waals surface area contributed by atoms with Gasteiger partial charge in [-0.1, -0.05) is 18.6 Å². The van der Waals surface area contributed by atoms with Gasteiger partial charge in [0.25, 0.3) is 0 Å². The molecule has 0 aliphatic carbocycles. The lowest BCUT2D eigenvalue weighted by molar-refractivity contribution is 0.351. The van der Waals surface area contributed by atoms with Crippen molar-refractivity contribution in [1.82, 2.24) is 9.62 Å². The number of hydrogen-bond donors (Lipinski definition) is 1. The molecule has 1 N–H and O–H groups in total. The summed E-state index contributed by atoms with van der Waals surface area (Å²) in [7, 11) is -2.24. The van der Waals surface area contributed by atoms with Gasteiger partial charge >= 0.3 is 0 Å². The van der Waals surface area contributed by atoms with Crippen LogP contribution >= 0.6 is 0 Å². The summed E-state index contributed by atoms with van der Waals surface area (Å²) >= 11 is 0. The van der Waals surface area contributed by atoms with Crippen molar-refractivity contribution >= 4 is 10.0 Å². The molecule has 4 nitrogen and oxygen atoms in total. The lowest BCUT2D eigenvalue weighted by Crippen LogP contribution is -2.38. The fourth-order valence-electron chi connectivity index (χ4n) is 2.45. The zero-order valence-corrected chi connectivity index (χ0v) is 12.5. The topological polar surface area (TPSA) is 49.4 Å². The number of rotatable bonds is 5. The van der Waals surface area contributed by atoms with E-state index in [1.54, 1.807) is 0 Å². The first-order valence-electron chi connectivity index (χ1n) is 6.96. The molecule has 112 valence electrons. The van der Waals surface area contributed by atoms with E-state index in [9.17, 15) is 12.8 Å². The molecule has 1 heterocycles. The van der Waals surface area contributed by atoms with Gasteiger partial charge in [-0.25, -0.2) is 17.1 Å². The van der Waals surface area contributed by atoms with Crippen molar-refractivity contribution in [2.24, 2.45) is 0 Å². The van der Waals surface area contributed by atoms with Crippen LogP contribution in [0.2, 0.25) is 0 Å². The van der Waals surface area contributed by atoms with Crippen LogP contribution in [-0.2, 0) is 10.0 Å². The predicted octanol–water partition coefficient (Wildman–Crippen LogP) is 1.98. The Morgan fingerprint density at radius 3 is 2.75 bits per heavy atom. The minimum absolute atomic E-state index is 0.251. The van der Waals surface area contributed by atoms with Crippen LogP contribution in [0.5, 0.6) is 0 Å². The number of sulfonamides is 1. The van der Waals surface area contributed by atoms with Gasteiger partial charge < -0.3 is 5.32 Å². The Labute approximate surface area is 120 Å². The van der Waals surface area contributed by atoms with Gasteiger partial charge in [-0.3, -0.25) is 0 Å². The van der Waals surface area contributed by atoms with Crippen LogP contribution in [-0.4, -0.2) is 38.9 Å². The predicted molar refractivity (Wildman–Crippen MR) is 76.5 cm³/mol. The summed E-state index contributed by atoms with van der Waals surface area (Å²) in [5.74, 6) is -0.699. The first kappa shape index (κ1) is 15.4. The van der Waals surface area contributed by atoms with Crippen molar-refractivity contribution in [2.45, 2.75) is 36.6 Å². The van der Waals surface area contributed by atoms with E-state index in [4.69, 9.17) is 0 Å². The molecule has 0 radical (unpaired) electrons. The molecule has 1 aliphatic rings. The minimum Gasteiger partial charge on any atom is -0.314 e. The summed E-state index contributed by atoms with van der Waals surface area (Å²) in [6.07, 6.45) is 4.19. The van der Waals surface area contributed by atoms with Gasteiger partial charge in [0.05, 0.1) is 0 Å². The number of benzene rings is 1. The van der Waals surface area contributed by atoms with Crippen molar-refractivity contribution in [3.8, 4) is 0 Å². The Morgan fingerprint density at radius 2 is 2.10 bits per heavy atom. The SMILES string of the molecule is CN(CCC1CCCCN1)S(=O)(=O)c1ccccc1F. The molecular weight excluding hydrogens is 279 g/mol. The zero-order valence-electron chi connectivity index (χ0n) is 11.7. The number of piperidine rings is 1. The van der Waals surface area contributed by atoms with Crippen molar-refractivity contribution in [3.05, 3.63) is 30.1 Å². The number of nitrogens with zero attached hydrogens (tertiary/aromatic N) is 1. The second kappa shape index (κ2) is 6.65. The summed E-state index contributed by atoms with van der Waals surface area (Å²) in [5, 5.41) is 3.38. The summed E-state index contributed by atoms with van der Waals surface area (Å²) in [6.45, 7) is 1.39. The van der Waals surface area contributed by atoms with Crippen LogP contribution in [0.3, 0.4) is 0 Å². The molecule has 2 rings (SSSR count). The Kier molecular flexibility index (Phi) is 5.12. The zero-order chi connectivity index (χ0) is 14.6. The molecule has 1 aromatic rings. The van der Waals surface area contributed by atoms with Crippen LogP contribution in [0.4, 0.5) is 4.39 Å². The third kappa shape index (κ3) is 3.56. The molecule has 0 bridgehead atoms. The molecule has 1 unspecified atom stereocenters. The average Bonchev–Trinajstić information content (AvgIpc) is 2.46. The molecule has 0 saturated carbocycles.